The molecule has 0 amide bonds. The van der Waals surface area contributed by atoms with Crippen LogP contribution in [-0.4, -0.2) is 28.8 Å². The van der Waals surface area contributed by atoms with Gasteiger partial charge in [0, 0.05) is 19.2 Å². The fourth-order valence-electron chi connectivity index (χ4n) is 2.25. The van der Waals surface area contributed by atoms with Gasteiger partial charge in [-0.05, 0) is 31.5 Å². The number of pyridine rings is 1. The summed E-state index contributed by atoms with van der Waals surface area (Å²) < 4.78 is 38.4. The molecule has 0 radical (unpaired) electrons. The molecule has 1 aliphatic heterocycles. The molecule has 18 heavy (non-hydrogen) atoms. The zero-order valence-electron chi connectivity index (χ0n) is 9.80. The van der Waals surface area contributed by atoms with Crippen molar-refractivity contribution in [3.63, 3.8) is 0 Å². The molecule has 1 atom stereocenters. The molecule has 1 aliphatic rings. The topological polar surface area (TPSA) is 45.2 Å². The lowest BCUT2D eigenvalue weighted by Crippen LogP contribution is -2.47. The minimum atomic E-state index is -4.43. The van der Waals surface area contributed by atoms with Crippen molar-refractivity contribution in [3.05, 3.63) is 29.6 Å². The minimum absolute atomic E-state index is 0.0737. The smallest absolute Gasteiger partial charge is 0.388 e. The molecule has 100 valence electrons. The van der Waals surface area contributed by atoms with Crippen molar-refractivity contribution in [2.24, 2.45) is 0 Å². The summed E-state index contributed by atoms with van der Waals surface area (Å²) in [5.41, 5.74) is -1.98. The first kappa shape index (κ1) is 13.3. The Morgan fingerprint density at radius 3 is 2.83 bits per heavy atom. The third-order valence-corrected chi connectivity index (χ3v) is 3.14. The monoisotopic (exact) mass is 260 g/mol. The van der Waals surface area contributed by atoms with Crippen molar-refractivity contribution in [2.45, 2.75) is 31.0 Å². The number of rotatable bonds is 2. The van der Waals surface area contributed by atoms with Crippen LogP contribution >= 0.6 is 0 Å². The third kappa shape index (κ3) is 3.00. The maximum absolute atomic E-state index is 12.8. The van der Waals surface area contributed by atoms with Crippen LogP contribution in [0.5, 0.6) is 0 Å². The first-order valence-corrected chi connectivity index (χ1v) is 5.85. The van der Waals surface area contributed by atoms with Crippen molar-refractivity contribution < 1.29 is 18.3 Å². The van der Waals surface area contributed by atoms with Gasteiger partial charge in [-0.3, -0.25) is 4.98 Å². The van der Waals surface area contributed by atoms with Crippen molar-refractivity contribution >= 4 is 0 Å². The highest BCUT2D eigenvalue weighted by Crippen LogP contribution is 2.33. The number of halogens is 3. The predicted molar refractivity (Wildman–Crippen MR) is 60.0 cm³/mol. The Morgan fingerprint density at radius 1 is 1.44 bits per heavy atom. The van der Waals surface area contributed by atoms with Gasteiger partial charge in [-0.2, -0.15) is 13.2 Å². The highest BCUT2D eigenvalue weighted by Gasteiger charge is 2.37. The molecule has 2 N–H and O–H groups in total. The maximum atomic E-state index is 12.8. The molecule has 0 spiro atoms. The van der Waals surface area contributed by atoms with E-state index in [1.165, 1.54) is 12.3 Å². The number of β-amino-alcohol motifs (C(OH)–C–C–N with tert-alkyl or cyclic N) is 1. The van der Waals surface area contributed by atoms with Gasteiger partial charge in [0.15, 0.2) is 0 Å². The first-order valence-electron chi connectivity index (χ1n) is 5.85. The molecule has 0 bridgehead atoms. The van der Waals surface area contributed by atoms with Crippen LogP contribution in [0.25, 0.3) is 0 Å². The molecule has 0 saturated carbocycles. The van der Waals surface area contributed by atoms with Gasteiger partial charge in [0.1, 0.15) is 0 Å². The lowest BCUT2D eigenvalue weighted by atomic mass is 9.88. The summed E-state index contributed by atoms with van der Waals surface area (Å²) in [5.74, 6) is 0. The van der Waals surface area contributed by atoms with Crippen LogP contribution in [0.2, 0.25) is 0 Å². The van der Waals surface area contributed by atoms with Crippen LogP contribution in [0.15, 0.2) is 18.3 Å². The number of piperidine rings is 1. The number of hydrogen-bond donors (Lipinski definition) is 2. The Labute approximate surface area is 103 Å². The standard InChI is InChI=1S/C12H15F3N2O/c13-12(14,15)9-3-1-6-17-10(9)7-11(18)4-2-5-16-8-11/h1,3,6,16,18H,2,4-5,7-8H2. The third-order valence-electron chi connectivity index (χ3n) is 3.14. The second kappa shape index (κ2) is 4.85. The van der Waals surface area contributed by atoms with Crippen molar-refractivity contribution in [2.75, 3.05) is 13.1 Å². The van der Waals surface area contributed by atoms with Crippen LogP contribution in [0, 0.1) is 0 Å². The molecular formula is C12H15F3N2O. The van der Waals surface area contributed by atoms with Crippen LogP contribution in [0.3, 0.4) is 0 Å². The van der Waals surface area contributed by atoms with E-state index in [0.29, 0.717) is 13.0 Å². The van der Waals surface area contributed by atoms with E-state index in [9.17, 15) is 18.3 Å². The normalized spacial score (nSPS) is 25.1. The number of aromatic nitrogens is 1. The Morgan fingerprint density at radius 2 is 2.22 bits per heavy atom. The molecule has 2 rings (SSSR count). The summed E-state index contributed by atoms with van der Waals surface area (Å²) in [6.07, 6.45) is -1.93. The quantitative estimate of drug-likeness (QED) is 0.851. The predicted octanol–water partition coefficient (Wildman–Crippen LogP) is 1.76. The van der Waals surface area contributed by atoms with Crippen LogP contribution in [-0.2, 0) is 12.6 Å². The summed E-state index contributed by atoms with van der Waals surface area (Å²) in [7, 11) is 0. The number of nitrogens with zero attached hydrogens (tertiary/aromatic N) is 1. The SMILES string of the molecule is OC1(Cc2ncccc2C(F)(F)F)CCCNC1. The highest BCUT2D eigenvalue weighted by molar-refractivity contribution is 5.24. The molecule has 1 aromatic rings. The van der Waals surface area contributed by atoms with Gasteiger partial charge < -0.3 is 10.4 Å². The molecule has 1 aromatic heterocycles. The van der Waals surface area contributed by atoms with E-state index in [1.807, 2.05) is 0 Å². The lowest BCUT2D eigenvalue weighted by Gasteiger charge is -2.33. The summed E-state index contributed by atoms with van der Waals surface area (Å²) >= 11 is 0. The number of alkyl halides is 3. The van der Waals surface area contributed by atoms with Gasteiger partial charge in [-0.25, -0.2) is 0 Å². The molecule has 6 heteroatoms. The van der Waals surface area contributed by atoms with E-state index in [-0.39, 0.29) is 12.1 Å². The average Bonchev–Trinajstić information content (AvgIpc) is 2.28. The summed E-state index contributed by atoms with van der Waals surface area (Å²) in [4.78, 5) is 3.78. The second-order valence-corrected chi connectivity index (χ2v) is 4.68. The zero-order chi connectivity index (χ0) is 13.2. The van der Waals surface area contributed by atoms with Crippen molar-refractivity contribution in [3.8, 4) is 0 Å². The Hall–Kier alpha value is -1.14. The van der Waals surface area contributed by atoms with Crippen LogP contribution < -0.4 is 5.32 Å². The molecule has 3 nitrogen and oxygen atoms in total. The fraction of sp³-hybridized carbons (Fsp3) is 0.583. The lowest BCUT2D eigenvalue weighted by molar-refractivity contribution is -0.138. The van der Waals surface area contributed by atoms with E-state index in [2.05, 4.69) is 10.3 Å². The Balaban J connectivity index is 2.23. The second-order valence-electron chi connectivity index (χ2n) is 4.68. The van der Waals surface area contributed by atoms with E-state index < -0.39 is 17.3 Å². The summed E-state index contributed by atoms with van der Waals surface area (Å²) in [6.45, 7) is 1.09. The van der Waals surface area contributed by atoms with Crippen molar-refractivity contribution in [1.29, 1.82) is 0 Å². The van der Waals surface area contributed by atoms with Gasteiger partial charge in [-0.1, -0.05) is 0 Å². The summed E-state index contributed by atoms with van der Waals surface area (Å²) in [5, 5.41) is 13.2. The largest absolute Gasteiger partial charge is 0.418 e. The van der Waals surface area contributed by atoms with Crippen LogP contribution in [0.4, 0.5) is 13.2 Å². The average molecular weight is 260 g/mol. The first-order chi connectivity index (χ1) is 8.41. The molecule has 1 unspecified atom stereocenters. The molecular weight excluding hydrogens is 245 g/mol. The van der Waals surface area contributed by atoms with E-state index in [1.54, 1.807) is 0 Å². The van der Waals surface area contributed by atoms with Gasteiger partial charge in [0.05, 0.1) is 16.9 Å². The summed E-state index contributed by atoms with van der Waals surface area (Å²) in [6, 6.07) is 2.26. The van der Waals surface area contributed by atoms with Gasteiger partial charge in [0.2, 0.25) is 0 Å². The molecule has 2 heterocycles. The van der Waals surface area contributed by atoms with Gasteiger partial charge >= 0.3 is 6.18 Å². The van der Waals surface area contributed by atoms with Crippen molar-refractivity contribution in [1.82, 2.24) is 10.3 Å². The van der Waals surface area contributed by atoms with Gasteiger partial charge in [0.25, 0.3) is 0 Å². The van der Waals surface area contributed by atoms with Gasteiger partial charge in [-0.15, -0.1) is 0 Å². The molecule has 1 saturated heterocycles. The maximum Gasteiger partial charge on any atom is 0.418 e. The number of nitrogens with one attached hydrogen (secondary N) is 1. The molecule has 0 aliphatic carbocycles. The molecule has 1 fully saturated rings. The number of hydrogen-bond acceptors (Lipinski definition) is 3. The van der Waals surface area contributed by atoms with E-state index >= 15 is 0 Å². The Kier molecular flexibility index (Phi) is 3.59. The fourth-order valence-corrected chi connectivity index (χ4v) is 2.25. The molecule has 0 aromatic carbocycles. The highest BCUT2D eigenvalue weighted by atomic mass is 19.4. The zero-order valence-corrected chi connectivity index (χ0v) is 9.80. The van der Waals surface area contributed by atoms with E-state index in [4.69, 9.17) is 0 Å². The van der Waals surface area contributed by atoms with E-state index in [0.717, 1.165) is 19.0 Å². The number of aliphatic hydroxyl groups is 1. The minimum Gasteiger partial charge on any atom is -0.388 e. The van der Waals surface area contributed by atoms with Crippen LogP contribution in [0.1, 0.15) is 24.1 Å². The Bertz CT molecular complexity index is 414.